The van der Waals surface area contributed by atoms with Crippen molar-refractivity contribution in [2.75, 3.05) is 18.5 Å². The molecule has 0 radical (unpaired) electrons. The van der Waals surface area contributed by atoms with Crippen LogP contribution in [0.15, 0.2) is 47.4 Å². The predicted octanol–water partition coefficient (Wildman–Crippen LogP) is 3.13. The number of fused-ring (bicyclic) bond motifs is 3. The number of rotatable bonds is 3. The lowest BCUT2D eigenvalue weighted by molar-refractivity contribution is 0.210. The first-order valence-corrected chi connectivity index (χ1v) is 11.7. The molecule has 0 aromatic heterocycles. The van der Waals surface area contributed by atoms with E-state index in [2.05, 4.69) is 17.2 Å². The van der Waals surface area contributed by atoms with E-state index in [4.69, 9.17) is 0 Å². The van der Waals surface area contributed by atoms with Gasteiger partial charge in [0.1, 0.15) is 5.82 Å². The van der Waals surface area contributed by atoms with Crippen molar-refractivity contribution in [2.24, 2.45) is 11.8 Å². The number of aliphatic hydroxyl groups is 1. The van der Waals surface area contributed by atoms with E-state index in [-0.39, 0.29) is 23.5 Å². The highest BCUT2D eigenvalue weighted by Gasteiger charge is 2.48. The third-order valence-electron chi connectivity index (χ3n) is 6.24. The molecule has 0 amide bonds. The summed E-state index contributed by atoms with van der Waals surface area (Å²) in [6.45, 7) is 0.277. The molecule has 156 valence electrons. The fourth-order valence-electron chi connectivity index (χ4n) is 4.52. The number of sulfonamides is 1. The molecule has 7 heteroatoms. The van der Waals surface area contributed by atoms with Crippen LogP contribution in [-0.4, -0.2) is 37.0 Å². The highest BCUT2D eigenvalue weighted by atomic mass is 32.2. The lowest BCUT2D eigenvalue weighted by Gasteiger charge is -2.38. The van der Waals surface area contributed by atoms with E-state index in [0.717, 1.165) is 29.7 Å². The van der Waals surface area contributed by atoms with E-state index in [9.17, 15) is 17.9 Å². The second kappa shape index (κ2) is 7.38. The summed E-state index contributed by atoms with van der Waals surface area (Å²) < 4.78 is 41.7. The van der Waals surface area contributed by atoms with Gasteiger partial charge in [-0.05, 0) is 67.3 Å². The van der Waals surface area contributed by atoms with Gasteiger partial charge in [0.05, 0.1) is 23.6 Å². The van der Waals surface area contributed by atoms with Crippen LogP contribution in [0, 0.1) is 29.5 Å². The molecule has 0 bridgehead atoms. The molecule has 2 aromatic rings. The van der Waals surface area contributed by atoms with Crippen LogP contribution in [0.25, 0.3) is 0 Å². The van der Waals surface area contributed by atoms with Gasteiger partial charge in [0.15, 0.2) is 0 Å². The van der Waals surface area contributed by atoms with Gasteiger partial charge >= 0.3 is 0 Å². The van der Waals surface area contributed by atoms with Crippen LogP contribution in [0.3, 0.4) is 0 Å². The third-order valence-corrected chi connectivity index (χ3v) is 8.14. The third kappa shape index (κ3) is 3.39. The summed E-state index contributed by atoms with van der Waals surface area (Å²) in [5.74, 6) is 6.43. The molecule has 2 aromatic carbocycles. The monoisotopic (exact) mass is 426 g/mol. The minimum atomic E-state index is -3.81. The summed E-state index contributed by atoms with van der Waals surface area (Å²) in [6.07, 6.45) is 2.93. The first kappa shape index (κ1) is 19.6. The number of benzene rings is 2. The van der Waals surface area contributed by atoms with E-state index in [1.54, 1.807) is 0 Å². The molecule has 0 spiro atoms. The SMILES string of the molecule is O=S(=O)(c1ccc(F)cc1)N1CC[C@@H]2[C@H](CO)Nc3ccc(C#CC4CC4)cc3[C@@H]21. The molecular formula is C23H23FN2O3S. The molecule has 2 N–H and O–H groups in total. The zero-order chi connectivity index (χ0) is 20.9. The van der Waals surface area contributed by atoms with Gasteiger partial charge in [-0.3, -0.25) is 0 Å². The van der Waals surface area contributed by atoms with E-state index in [0.29, 0.717) is 18.9 Å². The zero-order valence-electron chi connectivity index (χ0n) is 16.4. The molecule has 2 aliphatic heterocycles. The normalized spacial score (nSPS) is 25.6. The van der Waals surface area contributed by atoms with Crippen LogP contribution in [-0.2, 0) is 10.0 Å². The van der Waals surface area contributed by atoms with E-state index in [1.165, 1.54) is 28.6 Å². The maximum Gasteiger partial charge on any atom is 0.243 e. The fraction of sp³-hybridized carbons (Fsp3) is 0.391. The van der Waals surface area contributed by atoms with Crippen molar-refractivity contribution in [3.05, 3.63) is 59.4 Å². The summed E-state index contributed by atoms with van der Waals surface area (Å²) in [5.41, 5.74) is 2.58. The first-order valence-electron chi connectivity index (χ1n) is 10.3. The summed E-state index contributed by atoms with van der Waals surface area (Å²) in [7, 11) is -3.81. The van der Waals surface area contributed by atoms with Crippen LogP contribution < -0.4 is 5.32 Å². The highest BCUT2D eigenvalue weighted by Crippen LogP contribution is 2.48. The average molecular weight is 427 g/mol. The molecule has 1 saturated heterocycles. The molecule has 3 atom stereocenters. The van der Waals surface area contributed by atoms with Crippen molar-refractivity contribution in [3.63, 3.8) is 0 Å². The van der Waals surface area contributed by atoms with Crippen LogP contribution in [0.4, 0.5) is 10.1 Å². The van der Waals surface area contributed by atoms with Crippen molar-refractivity contribution in [2.45, 2.75) is 36.2 Å². The molecular weight excluding hydrogens is 403 g/mol. The van der Waals surface area contributed by atoms with Gasteiger partial charge in [-0.15, -0.1) is 0 Å². The molecule has 5 rings (SSSR count). The maximum absolute atomic E-state index is 13.4. The second-order valence-corrected chi connectivity index (χ2v) is 10.1. The molecule has 30 heavy (non-hydrogen) atoms. The minimum Gasteiger partial charge on any atom is -0.394 e. The molecule has 2 fully saturated rings. The van der Waals surface area contributed by atoms with Crippen LogP contribution in [0.5, 0.6) is 0 Å². The lowest BCUT2D eigenvalue weighted by atomic mass is 9.83. The zero-order valence-corrected chi connectivity index (χ0v) is 17.2. The number of halogens is 1. The fourth-order valence-corrected chi connectivity index (χ4v) is 6.19. The number of nitrogens with one attached hydrogen (secondary N) is 1. The Kier molecular flexibility index (Phi) is 4.81. The number of anilines is 1. The van der Waals surface area contributed by atoms with Crippen LogP contribution in [0.2, 0.25) is 0 Å². The Labute approximate surface area is 176 Å². The summed E-state index contributed by atoms with van der Waals surface area (Å²) >= 11 is 0. The lowest BCUT2D eigenvalue weighted by Crippen LogP contribution is -2.42. The highest BCUT2D eigenvalue weighted by molar-refractivity contribution is 7.89. The van der Waals surface area contributed by atoms with Crippen molar-refractivity contribution in [1.29, 1.82) is 0 Å². The Bertz CT molecular complexity index is 1130. The van der Waals surface area contributed by atoms with Gasteiger partial charge in [0, 0.05) is 29.6 Å². The molecule has 1 saturated carbocycles. The molecule has 3 aliphatic rings. The standard InChI is InChI=1S/C23H23FN2O3S/c24-17-6-8-18(9-7-17)30(28,29)26-12-11-19-22(14-27)25-21-10-5-16(4-3-15-1-2-15)13-20(21)23(19)26/h5-10,13,15,19,22-23,25,27H,1-2,11-12,14H2/t19-,22+,23-/m1/s1. The topological polar surface area (TPSA) is 69.6 Å². The van der Waals surface area contributed by atoms with Gasteiger partial charge in [0.25, 0.3) is 0 Å². The van der Waals surface area contributed by atoms with E-state index < -0.39 is 21.9 Å². The Morgan fingerprint density at radius 1 is 1.13 bits per heavy atom. The van der Waals surface area contributed by atoms with Gasteiger partial charge in [0.2, 0.25) is 10.0 Å². The largest absolute Gasteiger partial charge is 0.394 e. The van der Waals surface area contributed by atoms with E-state index >= 15 is 0 Å². The number of hydrogen-bond acceptors (Lipinski definition) is 4. The molecule has 5 nitrogen and oxygen atoms in total. The van der Waals surface area contributed by atoms with Crippen LogP contribution >= 0.6 is 0 Å². The smallest absolute Gasteiger partial charge is 0.243 e. The molecule has 1 aliphatic carbocycles. The minimum absolute atomic E-state index is 0.0515. The van der Waals surface area contributed by atoms with Crippen LogP contribution in [0.1, 0.15) is 36.4 Å². The van der Waals surface area contributed by atoms with Gasteiger partial charge in [-0.25, -0.2) is 12.8 Å². The van der Waals surface area contributed by atoms with E-state index in [1.807, 2.05) is 18.2 Å². The second-order valence-electron chi connectivity index (χ2n) is 8.25. The maximum atomic E-state index is 13.4. The Morgan fingerprint density at radius 3 is 2.60 bits per heavy atom. The quantitative estimate of drug-likeness (QED) is 0.740. The number of aliphatic hydroxyl groups excluding tert-OH is 1. The average Bonchev–Trinajstić information content (AvgIpc) is 3.46. The predicted molar refractivity (Wildman–Crippen MR) is 112 cm³/mol. The van der Waals surface area contributed by atoms with Gasteiger partial charge in [-0.1, -0.05) is 11.8 Å². The summed E-state index contributed by atoms with van der Waals surface area (Å²) in [5, 5.41) is 13.3. The Balaban J connectivity index is 1.57. The summed E-state index contributed by atoms with van der Waals surface area (Å²) in [4.78, 5) is 0.0786. The van der Waals surface area contributed by atoms with Crippen molar-refractivity contribution >= 4 is 15.7 Å². The van der Waals surface area contributed by atoms with Crippen molar-refractivity contribution in [1.82, 2.24) is 4.31 Å². The summed E-state index contributed by atoms with van der Waals surface area (Å²) in [6, 6.07) is 10.2. The molecule has 2 heterocycles. The Hall–Kier alpha value is -2.40. The first-order chi connectivity index (χ1) is 14.5. The van der Waals surface area contributed by atoms with Crippen molar-refractivity contribution < 1.29 is 17.9 Å². The number of nitrogens with zero attached hydrogens (tertiary/aromatic N) is 1. The Morgan fingerprint density at radius 2 is 1.90 bits per heavy atom. The van der Waals surface area contributed by atoms with Crippen molar-refractivity contribution in [3.8, 4) is 11.8 Å². The van der Waals surface area contributed by atoms with Gasteiger partial charge in [-0.2, -0.15) is 4.31 Å². The van der Waals surface area contributed by atoms with Gasteiger partial charge < -0.3 is 10.4 Å². The molecule has 0 unspecified atom stereocenters. The number of hydrogen-bond donors (Lipinski definition) is 2.